The van der Waals surface area contributed by atoms with Gasteiger partial charge in [0.1, 0.15) is 12.0 Å². The van der Waals surface area contributed by atoms with E-state index in [1.54, 1.807) is 19.3 Å². The van der Waals surface area contributed by atoms with Crippen molar-refractivity contribution in [2.45, 2.75) is 13.0 Å². The van der Waals surface area contributed by atoms with Crippen LogP contribution in [-0.2, 0) is 4.79 Å². The van der Waals surface area contributed by atoms with Crippen molar-refractivity contribution in [3.63, 3.8) is 0 Å². The van der Waals surface area contributed by atoms with Crippen molar-refractivity contribution >= 4 is 23.6 Å². The second kappa shape index (κ2) is 5.99. The van der Waals surface area contributed by atoms with Crippen LogP contribution < -0.4 is 5.73 Å². The zero-order valence-electron chi connectivity index (χ0n) is 13.7. The largest absolute Gasteiger partial charge is 0.481 e. The van der Waals surface area contributed by atoms with E-state index in [0.29, 0.717) is 11.3 Å². The highest BCUT2D eigenvalue weighted by Crippen LogP contribution is 2.39. The molecule has 4 rings (SSSR count). The molecule has 2 unspecified atom stereocenters. The first-order valence-corrected chi connectivity index (χ1v) is 7.79. The summed E-state index contributed by atoms with van der Waals surface area (Å²) >= 11 is 0. The fourth-order valence-corrected chi connectivity index (χ4v) is 3.16. The van der Waals surface area contributed by atoms with Gasteiger partial charge in [-0.1, -0.05) is 29.4 Å². The number of carboxylic acid groups (broad SMARTS) is 1. The second-order valence-electron chi connectivity index (χ2n) is 5.85. The summed E-state index contributed by atoms with van der Waals surface area (Å²) in [5, 5.41) is 21.3. The molecule has 2 aromatic heterocycles. The van der Waals surface area contributed by atoms with Crippen LogP contribution in [0.3, 0.4) is 0 Å². The maximum atomic E-state index is 12.0. The Labute approximate surface area is 147 Å². The lowest BCUT2D eigenvalue weighted by Gasteiger charge is -2.29. The molecule has 10 heteroatoms. The monoisotopic (exact) mass is 350 g/mol. The number of nitrogen functional groups attached to an aromatic ring is 1. The van der Waals surface area contributed by atoms with Crippen molar-refractivity contribution in [2.75, 3.05) is 5.73 Å². The van der Waals surface area contributed by atoms with Gasteiger partial charge in [0.25, 0.3) is 5.95 Å². The van der Waals surface area contributed by atoms with Crippen molar-refractivity contribution in [1.29, 1.82) is 0 Å². The Morgan fingerprint density at radius 2 is 1.96 bits per heavy atom. The molecule has 1 aliphatic rings. The smallest absolute Gasteiger partial charge is 0.314 e. The van der Waals surface area contributed by atoms with E-state index >= 15 is 0 Å². The molecule has 0 amide bonds. The van der Waals surface area contributed by atoms with Gasteiger partial charge in [0.15, 0.2) is 0 Å². The molecule has 0 aliphatic carbocycles. The molecule has 1 aromatic carbocycles. The Bertz CT molecular complexity index is 1010. The van der Waals surface area contributed by atoms with Gasteiger partial charge >= 0.3 is 5.97 Å². The van der Waals surface area contributed by atoms with Gasteiger partial charge in [-0.15, -0.1) is 0 Å². The summed E-state index contributed by atoms with van der Waals surface area (Å²) in [5.74, 6) is -1.46. The van der Waals surface area contributed by atoms with Crippen molar-refractivity contribution < 1.29 is 9.90 Å². The third kappa shape index (κ3) is 2.48. The van der Waals surface area contributed by atoms with Gasteiger partial charge in [0.05, 0.1) is 0 Å². The number of hydrogen-bond donors (Lipinski definition) is 2. The third-order valence-corrected chi connectivity index (χ3v) is 4.31. The predicted octanol–water partition coefficient (Wildman–Crippen LogP) is 1.11. The van der Waals surface area contributed by atoms with E-state index in [-0.39, 0.29) is 11.9 Å². The number of hydrogen-bond acceptors (Lipinski definition) is 8. The molecule has 0 bridgehead atoms. The molecule has 26 heavy (non-hydrogen) atoms. The lowest BCUT2D eigenvalue weighted by Crippen LogP contribution is -2.36. The number of fused-ring (bicyclic) bond motifs is 1. The fourth-order valence-electron chi connectivity index (χ4n) is 3.16. The highest BCUT2D eigenvalue weighted by molar-refractivity contribution is 6.03. The lowest BCUT2D eigenvalue weighted by atomic mass is 9.85. The first kappa shape index (κ1) is 15.8. The van der Waals surface area contributed by atoms with Gasteiger partial charge in [-0.05, 0) is 28.5 Å². The number of aliphatic carboxylic acids is 1. The molecule has 2 atom stereocenters. The topological polar surface area (TPSA) is 145 Å². The number of anilines is 1. The highest BCUT2D eigenvalue weighted by atomic mass is 16.4. The minimum atomic E-state index is -0.999. The van der Waals surface area contributed by atoms with Crippen LogP contribution >= 0.6 is 0 Å². The quantitative estimate of drug-likeness (QED) is 0.714. The maximum absolute atomic E-state index is 12.0. The number of nitrogens with two attached hydrogens (primary N) is 1. The van der Waals surface area contributed by atoms with Crippen molar-refractivity contribution in [2.24, 2.45) is 10.9 Å². The van der Waals surface area contributed by atoms with Crippen LogP contribution in [0.4, 0.5) is 11.9 Å². The average molecular weight is 350 g/mol. The molecular formula is C16H14N8O2. The Kier molecular flexibility index (Phi) is 3.64. The van der Waals surface area contributed by atoms with Crippen LogP contribution in [0.5, 0.6) is 0 Å². The summed E-state index contributed by atoms with van der Waals surface area (Å²) in [6.07, 6.45) is 3.20. The molecule has 0 spiro atoms. The molecule has 0 saturated carbocycles. The summed E-state index contributed by atoms with van der Waals surface area (Å²) in [5.41, 5.74) is 8.23. The standard InChI is InChI=1S/C16H14N8O2/c1-8-12(14(25)26)13(24-16(20-8)21-22-23-24)11-5-3-2-4-10(11)9-6-18-15(17)19-7-9/h2-7,12-13H,1H3,(H,25,26)(H2,17,18,19). The van der Waals surface area contributed by atoms with Gasteiger partial charge in [-0.2, -0.15) is 0 Å². The summed E-state index contributed by atoms with van der Waals surface area (Å²) in [4.78, 5) is 24.2. The first-order valence-electron chi connectivity index (χ1n) is 7.79. The first-order chi connectivity index (χ1) is 12.6. The number of carbonyl (C=O) groups is 1. The number of tetrazole rings is 1. The molecule has 0 fully saturated rings. The van der Waals surface area contributed by atoms with E-state index in [4.69, 9.17) is 5.73 Å². The van der Waals surface area contributed by atoms with Gasteiger partial charge < -0.3 is 10.8 Å². The average Bonchev–Trinajstić information content (AvgIpc) is 3.09. The van der Waals surface area contributed by atoms with Crippen LogP contribution in [0.2, 0.25) is 0 Å². The normalized spacial score (nSPS) is 18.9. The Hall–Kier alpha value is -3.69. The molecule has 0 radical (unpaired) electrons. The third-order valence-electron chi connectivity index (χ3n) is 4.31. The van der Waals surface area contributed by atoms with Crippen LogP contribution in [0, 0.1) is 5.92 Å². The predicted molar refractivity (Wildman–Crippen MR) is 91.7 cm³/mol. The van der Waals surface area contributed by atoms with Gasteiger partial charge in [0.2, 0.25) is 5.95 Å². The van der Waals surface area contributed by atoms with Crippen molar-refractivity contribution in [3.05, 3.63) is 42.2 Å². The van der Waals surface area contributed by atoms with Crippen LogP contribution in [0.15, 0.2) is 41.7 Å². The summed E-state index contributed by atoms with van der Waals surface area (Å²) in [7, 11) is 0. The maximum Gasteiger partial charge on any atom is 0.314 e. The zero-order valence-corrected chi connectivity index (χ0v) is 13.7. The molecular weight excluding hydrogens is 336 g/mol. The van der Waals surface area contributed by atoms with E-state index in [1.165, 1.54) is 4.68 Å². The van der Waals surface area contributed by atoms with E-state index in [1.807, 2.05) is 24.3 Å². The second-order valence-corrected chi connectivity index (χ2v) is 5.85. The number of aromatic nitrogens is 6. The van der Waals surface area contributed by atoms with Crippen LogP contribution in [-0.4, -0.2) is 47.0 Å². The number of carboxylic acids is 1. The fraction of sp³-hybridized carbons (Fsp3) is 0.188. The molecule has 3 aromatic rings. The highest BCUT2D eigenvalue weighted by Gasteiger charge is 2.40. The van der Waals surface area contributed by atoms with E-state index in [0.717, 1.165) is 11.1 Å². The SMILES string of the molecule is CC1=Nc2nnnn2C(c2ccccc2-c2cnc(N)nc2)C1C(=O)O. The number of rotatable bonds is 3. The van der Waals surface area contributed by atoms with Gasteiger partial charge in [0, 0.05) is 23.7 Å². The summed E-state index contributed by atoms with van der Waals surface area (Å²) < 4.78 is 1.43. The summed E-state index contributed by atoms with van der Waals surface area (Å²) in [6, 6.07) is 6.75. The molecule has 10 nitrogen and oxygen atoms in total. The van der Waals surface area contributed by atoms with Crippen LogP contribution in [0.25, 0.3) is 11.1 Å². The number of benzene rings is 1. The molecule has 3 heterocycles. The molecule has 1 aliphatic heterocycles. The Morgan fingerprint density at radius 1 is 1.23 bits per heavy atom. The van der Waals surface area contributed by atoms with E-state index in [9.17, 15) is 9.90 Å². The summed E-state index contributed by atoms with van der Waals surface area (Å²) in [6.45, 7) is 1.67. The Morgan fingerprint density at radius 3 is 2.69 bits per heavy atom. The minimum Gasteiger partial charge on any atom is -0.481 e. The van der Waals surface area contributed by atoms with Crippen molar-refractivity contribution in [3.8, 4) is 11.1 Å². The van der Waals surface area contributed by atoms with Gasteiger partial charge in [-0.3, -0.25) is 4.79 Å². The van der Waals surface area contributed by atoms with Crippen LogP contribution in [0.1, 0.15) is 18.5 Å². The van der Waals surface area contributed by atoms with Gasteiger partial charge in [-0.25, -0.2) is 19.6 Å². The molecule has 0 saturated heterocycles. The Balaban J connectivity index is 1.93. The molecule has 130 valence electrons. The number of aliphatic imine (C=N–C) groups is 1. The van der Waals surface area contributed by atoms with E-state index in [2.05, 4.69) is 30.5 Å². The molecule has 3 N–H and O–H groups in total. The lowest BCUT2D eigenvalue weighted by molar-refractivity contribution is -0.140. The van der Waals surface area contributed by atoms with Crippen molar-refractivity contribution in [1.82, 2.24) is 30.2 Å². The zero-order chi connectivity index (χ0) is 18.3. The number of nitrogens with zero attached hydrogens (tertiary/aromatic N) is 7. The minimum absolute atomic E-state index is 0.165. The van der Waals surface area contributed by atoms with E-state index < -0.39 is 17.9 Å².